The zero-order valence-electron chi connectivity index (χ0n) is 8.37. The Morgan fingerprint density at radius 3 is 2.29 bits per heavy atom. The molecule has 0 rings (SSSR count). The third-order valence-electron chi connectivity index (χ3n) is 1.78. The largest absolute Gasteiger partial charge is 0.481 e. The van der Waals surface area contributed by atoms with Crippen molar-refractivity contribution in [2.24, 2.45) is 0 Å². The third-order valence-corrected chi connectivity index (χ3v) is 1.78. The van der Waals surface area contributed by atoms with E-state index in [0.717, 1.165) is 0 Å². The van der Waals surface area contributed by atoms with Gasteiger partial charge in [-0.25, -0.2) is 0 Å². The quantitative estimate of drug-likeness (QED) is 0.648. The van der Waals surface area contributed by atoms with Crippen molar-refractivity contribution in [1.82, 2.24) is 5.32 Å². The van der Waals surface area contributed by atoms with Gasteiger partial charge in [-0.2, -0.15) is 0 Å². The summed E-state index contributed by atoms with van der Waals surface area (Å²) >= 11 is 0. The maximum absolute atomic E-state index is 11.1. The first-order chi connectivity index (χ1) is 6.43. The summed E-state index contributed by atoms with van der Waals surface area (Å²) in [6.07, 6.45) is 0.414. The molecule has 0 fully saturated rings. The van der Waals surface area contributed by atoms with Crippen molar-refractivity contribution in [1.29, 1.82) is 0 Å². The predicted molar refractivity (Wildman–Crippen MR) is 49.8 cm³/mol. The molecule has 0 saturated carbocycles. The van der Waals surface area contributed by atoms with Gasteiger partial charge in [-0.15, -0.1) is 0 Å². The van der Waals surface area contributed by atoms with Crippen molar-refractivity contribution < 1.29 is 19.5 Å². The molecular formula is C9H15NO4. The Labute approximate surface area is 82.5 Å². The van der Waals surface area contributed by atoms with Crippen LogP contribution in [0, 0.1) is 0 Å². The number of hydrogen-bond acceptors (Lipinski definition) is 3. The number of carbonyl (C=O) groups is 3. The summed E-state index contributed by atoms with van der Waals surface area (Å²) in [7, 11) is 0. The van der Waals surface area contributed by atoms with Gasteiger partial charge in [0.05, 0.1) is 6.04 Å². The fourth-order valence-electron chi connectivity index (χ4n) is 0.815. The summed E-state index contributed by atoms with van der Waals surface area (Å²) in [5, 5.41) is 10.8. The fraction of sp³-hybridized carbons (Fsp3) is 0.667. The molecule has 0 aliphatic heterocycles. The molecule has 14 heavy (non-hydrogen) atoms. The van der Waals surface area contributed by atoms with Gasteiger partial charge >= 0.3 is 5.97 Å². The maximum Gasteiger partial charge on any atom is 0.303 e. The number of carbonyl (C=O) groups excluding carboxylic acids is 2. The highest BCUT2D eigenvalue weighted by atomic mass is 16.4. The summed E-state index contributed by atoms with van der Waals surface area (Å²) in [4.78, 5) is 32.0. The zero-order chi connectivity index (χ0) is 11.1. The first kappa shape index (κ1) is 12.6. The number of aliphatic carboxylic acids is 1. The Morgan fingerprint density at radius 1 is 1.29 bits per heavy atom. The molecule has 80 valence electrons. The van der Waals surface area contributed by atoms with Crippen molar-refractivity contribution in [3.05, 3.63) is 0 Å². The zero-order valence-corrected chi connectivity index (χ0v) is 8.37. The Hall–Kier alpha value is -1.39. The van der Waals surface area contributed by atoms with Crippen LogP contribution in [0.15, 0.2) is 0 Å². The Balaban J connectivity index is 3.65. The molecular weight excluding hydrogens is 186 g/mol. The first-order valence-corrected chi connectivity index (χ1v) is 4.45. The lowest BCUT2D eigenvalue weighted by atomic mass is 10.2. The second-order valence-electron chi connectivity index (χ2n) is 3.15. The molecule has 0 aromatic carbocycles. The van der Waals surface area contributed by atoms with Crippen LogP contribution in [0.1, 0.15) is 33.1 Å². The number of nitrogens with one attached hydrogen (secondary N) is 1. The molecule has 0 bridgehead atoms. The van der Waals surface area contributed by atoms with Crippen molar-refractivity contribution in [3.8, 4) is 0 Å². The SMILES string of the molecule is CC(=O)[C@H](C)NC(=O)CCCC(=O)O. The summed E-state index contributed by atoms with van der Waals surface area (Å²) in [5.41, 5.74) is 0. The van der Waals surface area contributed by atoms with Gasteiger partial charge in [0.1, 0.15) is 0 Å². The van der Waals surface area contributed by atoms with E-state index in [9.17, 15) is 14.4 Å². The molecule has 0 aliphatic rings. The predicted octanol–water partition coefficient (Wildman–Crippen LogP) is 0.335. The van der Waals surface area contributed by atoms with Gasteiger partial charge in [0.25, 0.3) is 0 Å². The van der Waals surface area contributed by atoms with Crippen LogP contribution in [0.3, 0.4) is 0 Å². The van der Waals surface area contributed by atoms with Gasteiger partial charge in [0.2, 0.25) is 5.91 Å². The Morgan fingerprint density at radius 2 is 1.86 bits per heavy atom. The summed E-state index contributed by atoms with van der Waals surface area (Å²) < 4.78 is 0. The van der Waals surface area contributed by atoms with Crippen LogP contribution in [-0.4, -0.2) is 28.8 Å². The fourth-order valence-corrected chi connectivity index (χ4v) is 0.815. The topological polar surface area (TPSA) is 83.5 Å². The number of rotatable bonds is 6. The van der Waals surface area contributed by atoms with Crippen molar-refractivity contribution in [3.63, 3.8) is 0 Å². The van der Waals surface area contributed by atoms with E-state index in [0.29, 0.717) is 6.42 Å². The van der Waals surface area contributed by atoms with Gasteiger partial charge in [0.15, 0.2) is 5.78 Å². The molecule has 1 amide bonds. The maximum atomic E-state index is 11.1. The average Bonchev–Trinajstić information content (AvgIpc) is 2.02. The van der Waals surface area contributed by atoms with E-state index >= 15 is 0 Å². The van der Waals surface area contributed by atoms with Gasteiger partial charge < -0.3 is 10.4 Å². The van der Waals surface area contributed by atoms with E-state index in [1.54, 1.807) is 6.92 Å². The highest BCUT2D eigenvalue weighted by molar-refractivity contribution is 5.87. The third kappa shape index (κ3) is 6.16. The normalized spacial score (nSPS) is 11.9. The lowest BCUT2D eigenvalue weighted by Crippen LogP contribution is -2.37. The molecule has 2 N–H and O–H groups in total. The van der Waals surface area contributed by atoms with Crippen molar-refractivity contribution in [2.45, 2.75) is 39.2 Å². The molecule has 0 aliphatic carbocycles. The van der Waals surface area contributed by atoms with E-state index in [4.69, 9.17) is 5.11 Å². The number of hydrogen-bond donors (Lipinski definition) is 2. The molecule has 0 heterocycles. The minimum Gasteiger partial charge on any atom is -0.481 e. The molecule has 5 nitrogen and oxygen atoms in total. The van der Waals surface area contributed by atoms with Crippen LogP contribution in [0.25, 0.3) is 0 Å². The van der Waals surface area contributed by atoms with Gasteiger partial charge in [-0.05, 0) is 20.3 Å². The monoisotopic (exact) mass is 201 g/mol. The minimum atomic E-state index is -0.919. The standard InChI is InChI=1S/C9H15NO4/c1-6(7(2)11)10-8(12)4-3-5-9(13)14/h6H,3-5H2,1-2H3,(H,10,12)(H,13,14)/t6-/m0/s1. The highest BCUT2D eigenvalue weighted by Crippen LogP contribution is 1.96. The van der Waals surface area contributed by atoms with Crippen molar-refractivity contribution in [2.75, 3.05) is 0 Å². The van der Waals surface area contributed by atoms with Crippen LogP contribution in [0.2, 0.25) is 0 Å². The van der Waals surface area contributed by atoms with Crippen LogP contribution in [0.4, 0.5) is 0 Å². The van der Waals surface area contributed by atoms with Crippen LogP contribution >= 0.6 is 0 Å². The molecule has 0 radical (unpaired) electrons. The second-order valence-corrected chi connectivity index (χ2v) is 3.15. The first-order valence-electron chi connectivity index (χ1n) is 4.45. The number of ketones is 1. The lowest BCUT2D eigenvalue weighted by molar-refractivity contribution is -0.137. The Kier molecular flexibility index (Phi) is 5.52. The van der Waals surface area contributed by atoms with Crippen LogP contribution < -0.4 is 5.32 Å². The number of carboxylic acids is 1. The van der Waals surface area contributed by atoms with Gasteiger partial charge in [-0.1, -0.05) is 0 Å². The van der Waals surface area contributed by atoms with Gasteiger partial charge in [0, 0.05) is 12.8 Å². The number of amides is 1. The van der Waals surface area contributed by atoms with Gasteiger partial charge in [-0.3, -0.25) is 14.4 Å². The molecule has 5 heteroatoms. The average molecular weight is 201 g/mol. The Bertz CT molecular complexity index is 237. The summed E-state index contributed by atoms with van der Waals surface area (Å²) in [5.74, 6) is -1.32. The van der Waals surface area contributed by atoms with Crippen LogP contribution in [0.5, 0.6) is 0 Å². The van der Waals surface area contributed by atoms with E-state index in [1.165, 1.54) is 6.92 Å². The molecule has 0 unspecified atom stereocenters. The minimum absolute atomic E-state index is 0.0259. The molecule has 0 aromatic heterocycles. The van der Waals surface area contributed by atoms with Crippen LogP contribution in [-0.2, 0) is 14.4 Å². The molecule has 0 aromatic rings. The highest BCUT2D eigenvalue weighted by Gasteiger charge is 2.10. The summed E-state index contributed by atoms with van der Waals surface area (Å²) in [6.45, 7) is 2.99. The van der Waals surface area contributed by atoms with Crippen molar-refractivity contribution >= 4 is 17.7 Å². The summed E-state index contributed by atoms with van der Waals surface area (Å²) in [6, 6.07) is -0.493. The van der Waals surface area contributed by atoms with E-state index in [1.807, 2.05) is 0 Å². The molecule has 0 saturated heterocycles. The lowest BCUT2D eigenvalue weighted by Gasteiger charge is -2.09. The smallest absolute Gasteiger partial charge is 0.303 e. The molecule has 1 atom stereocenters. The molecule has 0 spiro atoms. The van der Waals surface area contributed by atoms with E-state index < -0.39 is 12.0 Å². The second kappa shape index (κ2) is 6.12. The number of carboxylic acid groups (broad SMARTS) is 1. The number of Topliss-reactive ketones (excluding diaryl/α,β-unsaturated/α-hetero) is 1. The van der Waals surface area contributed by atoms with E-state index in [-0.39, 0.29) is 24.5 Å². The van der Waals surface area contributed by atoms with E-state index in [2.05, 4.69) is 5.32 Å².